The molecule has 1 aliphatic carbocycles. The molecule has 150 valence electrons. The number of carbonyl (C=O) groups excluding carboxylic acids is 2. The lowest BCUT2D eigenvalue weighted by atomic mass is 9.71. The first-order valence-corrected chi connectivity index (χ1v) is 10.4. The van der Waals surface area contributed by atoms with Crippen LogP contribution in [0.25, 0.3) is 0 Å². The number of amides is 2. The fourth-order valence-electron chi connectivity index (χ4n) is 5.41. The van der Waals surface area contributed by atoms with Gasteiger partial charge in [-0.05, 0) is 36.6 Å². The van der Waals surface area contributed by atoms with Crippen LogP contribution in [0.2, 0.25) is 0 Å². The summed E-state index contributed by atoms with van der Waals surface area (Å²) in [6.45, 7) is 0.398. The van der Waals surface area contributed by atoms with E-state index in [0.29, 0.717) is 12.1 Å². The first-order valence-electron chi connectivity index (χ1n) is 10.4. The standard InChI is InChI=1S/C23H25N3O3/c27-14-20-21-17-9-3-4-10-18(17)25(22(28)16-8-5-11-24-12-16)13-19(21)26(20)23(29)15-6-1-2-7-15/h3-5,8-12,15,19-21,27H,1-2,6-7,13-14H2/t19-,20+,21+/m0/s1. The van der Waals surface area contributed by atoms with E-state index in [1.54, 1.807) is 29.4 Å². The number of aromatic nitrogens is 1. The van der Waals surface area contributed by atoms with Crippen LogP contribution in [0.3, 0.4) is 0 Å². The number of aliphatic hydroxyl groups is 1. The zero-order valence-electron chi connectivity index (χ0n) is 16.3. The fraction of sp³-hybridized carbons (Fsp3) is 0.435. The highest BCUT2D eigenvalue weighted by Gasteiger charge is 2.56. The minimum Gasteiger partial charge on any atom is -0.394 e. The van der Waals surface area contributed by atoms with E-state index in [1.165, 1.54) is 0 Å². The summed E-state index contributed by atoms with van der Waals surface area (Å²) in [5, 5.41) is 10.1. The van der Waals surface area contributed by atoms with Gasteiger partial charge in [0, 0.05) is 36.5 Å². The SMILES string of the molecule is O=C(c1cccnc1)N1C[C@H]2[C@@H](c3ccccc31)[C@@H](CO)N2C(=O)C1CCCC1. The number of likely N-dealkylation sites (tertiary alicyclic amines) is 1. The van der Waals surface area contributed by atoms with Crippen molar-refractivity contribution in [2.75, 3.05) is 18.1 Å². The highest BCUT2D eigenvalue weighted by Crippen LogP contribution is 2.49. The Labute approximate surface area is 170 Å². The van der Waals surface area contributed by atoms with Gasteiger partial charge in [0.15, 0.2) is 0 Å². The van der Waals surface area contributed by atoms with Crippen molar-refractivity contribution in [1.82, 2.24) is 9.88 Å². The van der Waals surface area contributed by atoms with Gasteiger partial charge in [0.1, 0.15) is 0 Å². The number of fused-ring (bicyclic) bond motifs is 3. The molecule has 1 aromatic heterocycles. The van der Waals surface area contributed by atoms with Gasteiger partial charge < -0.3 is 14.9 Å². The first-order chi connectivity index (χ1) is 14.2. The van der Waals surface area contributed by atoms with Gasteiger partial charge in [-0.2, -0.15) is 0 Å². The number of rotatable bonds is 3. The van der Waals surface area contributed by atoms with Crippen LogP contribution < -0.4 is 4.90 Å². The Morgan fingerprint density at radius 2 is 1.90 bits per heavy atom. The summed E-state index contributed by atoms with van der Waals surface area (Å²) in [5.74, 6) is 0.171. The van der Waals surface area contributed by atoms with Gasteiger partial charge in [0.05, 0.1) is 24.3 Å². The monoisotopic (exact) mass is 391 g/mol. The summed E-state index contributed by atoms with van der Waals surface area (Å²) in [5.41, 5.74) is 2.44. The largest absolute Gasteiger partial charge is 0.394 e. The van der Waals surface area contributed by atoms with Crippen LogP contribution >= 0.6 is 0 Å². The van der Waals surface area contributed by atoms with E-state index in [9.17, 15) is 14.7 Å². The number of anilines is 1. The smallest absolute Gasteiger partial charge is 0.259 e. The van der Waals surface area contributed by atoms with Gasteiger partial charge in [0.25, 0.3) is 5.91 Å². The molecule has 0 radical (unpaired) electrons. The molecule has 6 nitrogen and oxygen atoms in total. The molecule has 1 N–H and O–H groups in total. The molecule has 1 saturated heterocycles. The maximum Gasteiger partial charge on any atom is 0.259 e. The lowest BCUT2D eigenvalue weighted by Crippen LogP contribution is -2.71. The highest BCUT2D eigenvalue weighted by atomic mass is 16.3. The molecule has 1 saturated carbocycles. The Hall–Kier alpha value is -2.73. The molecule has 2 aliphatic heterocycles. The molecule has 6 heteroatoms. The molecular formula is C23H25N3O3. The second-order valence-corrected chi connectivity index (χ2v) is 8.29. The van der Waals surface area contributed by atoms with Gasteiger partial charge in [0.2, 0.25) is 5.91 Å². The molecule has 0 bridgehead atoms. The number of hydrogen-bond donors (Lipinski definition) is 1. The number of carbonyl (C=O) groups is 2. The van der Waals surface area contributed by atoms with Crippen molar-refractivity contribution in [3.05, 3.63) is 59.9 Å². The molecule has 5 rings (SSSR count). The van der Waals surface area contributed by atoms with E-state index >= 15 is 0 Å². The second-order valence-electron chi connectivity index (χ2n) is 8.29. The molecule has 2 aromatic rings. The third kappa shape index (κ3) is 2.85. The van der Waals surface area contributed by atoms with Crippen molar-refractivity contribution in [3.63, 3.8) is 0 Å². The van der Waals surface area contributed by atoms with Crippen LogP contribution in [0.5, 0.6) is 0 Å². The van der Waals surface area contributed by atoms with Gasteiger partial charge in [-0.3, -0.25) is 14.6 Å². The molecule has 0 unspecified atom stereocenters. The predicted octanol–water partition coefficient (Wildman–Crippen LogP) is 2.59. The Bertz CT molecular complexity index is 926. The number of nitrogens with zero attached hydrogens (tertiary/aromatic N) is 3. The molecule has 0 spiro atoms. The zero-order chi connectivity index (χ0) is 20.0. The zero-order valence-corrected chi connectivity index (χ0v) is 16.3. The summed E-state index contributed by atoms with van der Waals surface area (Å²) >= 11 is 0. The topological polar surface area (TPSA) is 73.7 Å². The number of hydrogen-bond acceptors (Lipinski definition) is 4. The summed E-state index contributed by atoms with van der Waals surface area (Å²) in [7, 11) is 0. The van der Waals surface area contributed by atoms with E-state index in [1.807, 2.05) is 29.2 Å². The third-order valence-electron chi connectivity index (χ3n) is 6.80. The maximum atomic E-state index is 13.3. The summed E-state index contributed by atoms with van der Waals surface area (Å²) in [4.78, 5) is 34.2. The van der Waals surface area contributed by atoms with Gasteiger partial charge in [-0.15, -0.1) is 0 Å². The summed E-state index contributed by atoms with van der Waals surface area (Å²) < 4.78 is 0. The van der Waals surface area contributed by atoms with Crippen molar-refractivity contribution >= 4 is 17.5 Å². The van der Waals surface area contributed by atoms with E-state index in [0.717, 1.165) is 36.9 Å². The average Bonchev–Trinajstić information content (AvgIpc) is 3.29. The Kier molecular flexibility index (Phi) is 4.59. The lowest BCUT2D eigenvalue weighted by Gasteiger charge is -2.59. The van der Waals surface area contributed by atoms with Gasteiger partial charge in [-0.1, -0.05) is 31.0 Å². The third-order valence-corrected chi connectivity index (χ3v) is 6.80. The van der Waals surface area contributed by atoms with E-state index in [-0.39, 0.29) is 42.3 Å². The number of pyridine rings is 1. The predicted molar refractivity (Wildman–Crippen MR) is 109 cm³/mol. The van der Waals surface area contributed by atoms with Crippen molar-refractivity contribution in [3.8, 4) is 0 Å². The number of para-hydroxylation sites is 1. The minimum atomic E-state index is -0.204. The first kappa shape index (κ1) is 18.3. The maximum absolute atomic E-state index is 13.3. The molecule has 2 fully saturated rings. The number of benzene rings is 1. The quantitative estimate of drug-likeness (QED) is 0.873. The van der Waals surface area contributed by atoms with Crippen molar-refractivity contribution in [2.24, 2.45) is 5.92 Å². The van der Waals surface area contributed by atoms with Crippen molar-refractivity contribution in [1.29, 1.82) is 0 Å². The molecule has 3 heterocycles. The molecule has 1 aromatic carbocycles. The average molecular weight is 391 g/mol. The highest BCUT2D eigenvalue weighted by molar-refractivity contribution is 6.07. The van der Waals surface area contributed by atoms with Crippen LogP contribution in [-0.2, 0) is 4.79 Å². The summed E-state index contributed by atoms with van der Waals surface area (Å²) in [6, 6.07) is 11.1. The van der Waals surface area contributed by atoms with Crippen molar-refractivity contribution < 1.29 is 14.7 Å². The lowest BCUT2D eigenvalue weighted by molar-refractivity contribution is -0.154. The van der Waals surface area contributed by atoms with Crippen LogP contribution in [0.1, 0.15) is 47.5 Å². The fourth-order valence-corrected chi connectivity index (χ4v) is 5.41. The van der Waals surface area contributed by atoms with E-state index in [4.69, 9.17) is 0 Å². The summed E-state index contributed by atoms with van der Waals surface area (Å²) in [6.07, 6.45) is 7.28. The Morgan fingerprint density at radius 3 is 2.62 bits per heavy atom. The second kappa shape index (κ2) is 7.26. The molecule has 29 heavy (non-hydrogen) atoms. The minimum absolute atomic E-state index is 0.0511. The van der Waals surface area contributed by atoms with E-state index in [2.05, 4.69) is 4.98 Å². The normalized spacial score (nSPS) is 25.9. The molecule has 2 amide bonds. The molecule has 3 atom stereocenters. The van der Waals surface area contributed by atoms with Crippen molar-refractivity contribution in [2.45, 2.75) is 43.7 Å². The van der Waals surface area contributed by atoms with Crippen LogP contribution in [0.15, 0.2) is 48.8 Å². The molecular weight excluding hydrogens is 366 g/mol. The Balaban J connectivity index is 1.50. The van der Waals surface area contributed by atoms with Gasteiger partial charge in [-0.25, -0.2) is 0 Å². The number of aliphatic hydroxyl groups excluding tert-OH is 1. The van der Waals surface area contributed by atoms with Crippen LogP contribution in [-0.4, -0.2) is 52.0 Å². The van der Waals surface area contributed by atoms with Gasteiger partial charge >= 0.3 is 0 Å². The van der Waals surface area contributed by atoms with Crippen LogP contribution in [0.4, 0.5) is 5.69 Å². The molecule has 3 aliphatic rings. The van der Waals surface area contributed by atoms with E-state index < -0.39 is 0 Å². The van der Waals surface area contributed by atoms with Crippen LogP contribution in [0, 0.1) is 5.92 Å². The Morgan fingerprint density at radius 1 is 1.10 bits per heavy atom.